The highest BCUT2D eigenvalue weighted by molar-refractivity contribution is 9.10. The van der Waals surface area contributed by atoms with Crippen LogP contribution in [-0.2, 0) is 4.79 Å². The summed E-state index contributed by atoms with van der Waals surface area (Å²) in [5.74, 6) is 1.12. The van der Waals surface area contributed by atoms with Gasteiger partial charge in [-0.25, -0.2) is 0 Å². The second kappa shape index (κ2) is 5.23. The minimum Gasteiger partial charge on any atom is -0.379 e. The number of carbonyl (C=O) groups is 1. The number of halogens is 1. The van der Waals surface area contributed by atoms with Crippen LogP contribution in [0, 0.1) is 6.92 Å². The molecule has 5 heteroatoms. The minimum atomic E-state index is -1.19. The van der Waals surface area contributed by atoms with Crippen LogP contribution >= 0.6 is 27.7 Å². The second-order valence-corrected chi connectivity index (χ2v) is 6.59. The third kappa shape index (κ3) is 2.58. The maximum absolute atomic E-state index is 12.3. The van der Waals surface area contributed by atoms with E-state index in [4.69, 9.17) is 0 Å². The van der Waals surface area contributed by atoms with E-state index in [-0.39, 0.29) is 5.91 Å². The van der Waals surface area contributed by atoms with Gasteiger partial charge in [-0.05, 0) is 42.9 Å². The molecule has 1 aliphatic rings. The highest BCUT2D eigenvalue weighted by atomic mass is 79.9. The topological polar surface area (TPSA) is 40.5 Å². The molecule has 18 heavy (non-hydrogen) atoms. The number of hydrogen-bond donors (Lipinski definition) is 1. The summed E-state index contributed by atoms with van der Waals surface area (Å²) in [6, 6.07) is 5.73. The number of aliphatic hydroxyl groups is 1. The lowest BCUT2D eigenvalue weighted by Gasteiger charge is -2.27. The molecule has 1 unspecified atom stereocenters. The van der Waals surface area contributed by atoms with Crippen molar-refractivity contribution in [3.8, 4) is 0 Å². The van der Waals surface area contributed by atoms with Gasteiger partial charge >= 0.3 is 0 Å². The summed E-state index contributed by atoms with van der Waals surface area (Å²) in [5, 5.41) is 10.3. The van der Waals surface area contributed by atoms with Crippen LogP contribution in [0.2, 0.25) is 0 Å². The molecule has 1 atom stereocenters. The molecule has 0 bridgehead atoms. The van der Waals surface area contributed by atoms with Gasteiger partial charge in [0.05, 0.1) is 0 Å². The summed E-state index contributed by atoms with van der Waals surface area (Å²) in [7, 11) is 1.71. The normalized spacial score (nSPS) is 23.1. The fourth-order valence-electron chi connectivity index (χ4n) is 1.99. The molecule has 0 aromatic heterocycles. The Morgan fingerprint density at radius 1 is 1.56 bits per heavy atom. The summed E-state index contributed by atoms with van der Waals surface area (Å²) < 4.78 is 1.02. The van der Waals surface area contributed by atoms with E-state index in [1.165, 1.54) is 0 Å². The lowest BCUT2D eigenvalue weighted by molar-refractivity contribution is -0.134. The number of thioether (sulfide) groups is 1. The third-order valence-electron chi connectivity index (χ3n) is 3.23. The Hall–Kier alpha value is -0.520. The van der Waals surface area contributed by atoms with Gasteiger partial charge in [-0.2, -0.15) is 11.8 Å². The van der Waals surface area contributed by atoms with Crippen molar-refractivity contribution in [2.45, 2.75) is 18.9 Å². The van der Waals surface area contributed by atoms with Crippen LogP contribution in [0.3, 0.4) is 0 Å². The van der Waals surface area contributed by atoms with Gasteiger partial charge in [0.2, 0.25) is 0 Å². The first kappa shape index (κ1) is 13.9. The van der Waals surface area contributed by atoms with Crippen molar-refractivity contribution < 1.29 is 9.90 Å². The van der Waals surface area contributed by atoms with Crippen molar-refractivity contribution in [2.75, 3.05) is 23.5 Å². The first-order valence-electron chi connectivity index (χ1n) is 5.78. The average molecular weight is 330 g/mol. The number of hydrogen-bond acceptors (Lipinski definition) is 3. The predicted octanol–water partition coefficient (Wildman–Crippen LogP) is 2.59. The van der Waals surface area contributed by atoms with Crippen LogP contribution in [0.1, 0.15) is 12.0 Å². The van der Waals surface area contributed by atoms with Crippen LogP contribution in [0.15, 0.2) is 22.7 Å². The number of carbonyl (C=O) groups excluding carboxylic acids is 1. The maximum Gasteiger partial charge on any atom is 0.259 e. The van der Waals surface area contributed by atoms with Gasteiger partial charge in [-0.1, -0.05) is 15.9 Å². The van der Waals surface area contributed by atoms with Gasteiger partial charge in [0, 0.05) is 23.0 Å². The van der Waals surface area contributed by atoms with E-state index in [0.717, 1.165) is 21.5 Å². The van der Waals surface area contributed by atoms with Crippen molar-refractivity contribution >= 4 is 39.3 Å². The number of amides is 1. The maximum atomic E-state index is 12.3. The van der Waals surface area contributed by atoms with Crippen molar-refractivity contribution in [3.63, 3.8) is 0 Å². The second-order valence-electron chi connectivity index (χ2n) is 4.63. The Morgan fingerprint density at radius 2 is 2.28 bits per heavy atom. The molecule has 1 fully saturated rings. The third-order valence-corrected chi connectivity index (χ3v) is 5.30. The Morgan fingerprint density at radius 3 is 2.83 bits per heavy atom. The number of rotatable bonds is 2. The van der Waals surface area contributed by atoms with Gasteiger partial charge in [0.15, 0.2) is 5.60 Å². The average Bonchev–Trinajstić information content (AvgIpc) is 2.79. The van der Waals surface area contributed by atoms with Crippen LogP contribution in [0.25, 0.3) is 0 Å². The van der Waals surface area contributed by atoms with Crippen molar-refractivity contribution in [2.24, 2.45) is 0 Å². The Balaban J connectivity index is 2.22. The van der Waals surface area contributed by atoms with E-state index >= 15 is 0 Å². The number of aryl methyl sites for hydroxylation is 1. The molecule has 98 valence electrons. The summed E-state index contributed by atoms with van der Waals surface area (Å²) in [5.41, 5.74) is 0.686. The van der Waals surface area contributed by atoms with Gasteiger partial charge in [0.25, 0.3) is 5.91 Å². The number of nitrogens with zero attached hydrogens (tertiary/aromatic N) is 1. The smallest absolute Gasteiger partial charge is 0.259 e. The standard InChI is InChI=1S/C13H16BrNO2S/c1-9-7-10(3-4-11(9)14)15(2)12(16)13(17)5-6-18-8-13/h3-4,7,17H,5-6,8H2,1-2H3. The molecule has 1 aliphatic heterocycles. The molecule has 1 aromatic carbocycles. The zero-order valence-corrected chi connectivity index (χ0v) is 12.8. The monoisotopic (exact) mass is 329 g/mol. The first-order valence-corrected chi connectivity index (χ1v) is 7.73. The van der Waals surface area contributed by atoms with E-state index in [9.17, 15) is 9.90 Å². The van der Waals surface area contributed by atoms with Crippen molar-refractivity contribution in [1.29, 1.82) is 0 Å². The first-order chi connectivity index (χ1) is 8.44. The molecule has 1 N–H and O–H groups in total. The van der Waals surface area contributed by atoms with Crippen LogP contribution in [0.4, 0.5) is 5.69 Å². The zero-order chi connectivity index (χ0) is 13.3. The summed E-state index contributed by atoms with van der Waals surface area (Å²) in [6.07, 6.45) is 0.538. The fraction of sp³-hybridized carbons (Fsp3) is 0.462. The fourth-order valence-corrected chi connectivity index (χ4v) is 3.47. The van der Waals surface area contributed by atoms with E-state index in [1.54, 1.807) is 23.7 Å². The van der Waals surface area contributed by atoms with Gasteiger partial charge in [-0.3, -0.25) is 4.79 Å². The molecular formula is C13H16BrNO2S. The minimum absolute atomic E-state index is 0.214. The molecular weight excluding hydrogens is 314 g/mol. The van der Waals surface area contributed by atoms with Gasteiger partial charge in [-0.15, -0.1) is 0 Å². The predicted molar refractivity (Wildman–Crippen MR) is 79.2 cm³/mol. The van der Waals surface area contributed by atoms with E-state index in [1.807, 2.05) is 25.1 Å². The van der Waals surface area contributed by atoms with Crippen LogP contribution in [-0.4, -0.2) is 35.2 Å². The van der Waals surface area contributed by atoms with Gasteiger partial charge < -0.3 is 10.0 Å². The molecule has 0 saturated carbocycles. The molecule has 0 aliphatic carbocycles. The lowest BCUT2D eigenvalue weighted by atomic mass is 10.0. The molecule has 1 heterocycles. The summed E-state index contributed by atoms with van der Waals surface area (Å²) >= 11 is 5.06. The Bertz CT molecular complexity index is 472. The summed E-state index contributed by atoms with van der Waals surface area (Å²) in [6.45, 7) is 1.98. The van der Waals surface area contributed by atoms with Crippen LogP contribution < -0.4 is 4.90 Å². The molecule has 1 saturated heterocycles. The van der Waals surface area contributed by atoms with E-state index in [0.29, 0.717) is 12.2 Å². The molecule has 1 aromatic rings. The van der Waals surface area contributed by atoms with Crippen LogP contribution in [0.5, 0.6) is 0 Å². The molecule has 1 amide bonds. The number of anilines is 1. The quantitative estimate of drug-likeness (QED) is 0.906. The SMILES string of the molecule is Cc1cc(N(C)C(=O)C2(O)CCSC2)ccc1Br. The van der Waals surface area contributed by atoms with Gasteiger partial charge in [0.1, 0.15) is 0 Å². The zero-order valence-electron chi connectivity index (χ0n) is 10.4. The Kier molecular flexibility index (Phi) is 4.04. The lowest BCUT2D eigenvalue weighted by Crippen LogP contribution is -2.47. The largest absolute Gasteiger partial charge is 0.379 e. The summed E-state index contributed by atoms with van der Waals surface area (Å²) in [4.78, 5) is 13.9. The molecule has 2 rings (SSSR count). The molecule has 0 radical (unpaired) electrons. The van der Waals surface area contributed by atoms with E-state index in [2.05, 4.69) is 15.9 Å². The molecule has 3 nitrogen and oxygen atoms in total. The Labute approximate surface area is 120 Å². The number of likely N-dealkylation sites (N-methyl/N-ethyl adjacent to an activating group) is 1. The highest BCUT2D eigenvalue weighted by Crippen LogP contribution is 2.31. The van der Waals surface area contributed by atoms with Crippen molar-refractivity contribution in [3.05, 3.63) is 28.2 Å². The van der Waals surface area contributed by atoms with Crippen molar-refractivity contribution in [1.82, 2.24) is 0 Å². The molecule has 0 spiro atoms. The van der Waals surface area contributed by atoms with E-state index < -0.39 is 5.60 Å². The number of benzene rings is 1. The highest BCUT2D eigenvalue weighted by Gasteiger charge is 2.41.